The zero-order chi connectivity index (χ0) is 16.9. The maximum absolute atomic E-state index is 13.4. The summed E-state index contributed by atoms with van der Waals surface area (Å²) in [5.41, 5.74) is 6.23. The van der Waals surface area contributed by atoms with Gasteiger partial charge in [0.1, 0.15) is 5.82 Å². The molecule has 0 aliphatic carbocycles. The molecule has 0 saturated carbocycles. The molecular formula is C16H25ClFN3O2. The Hall–Kier alpha value is -1.66. The predicted molar refractivity (Wildman–Crippen MR) is 91.2 cm³/mol. The van der Waals surface area contributed by atoms with Crippen LogP contribution in [0.4, 0.5) is 4.39 Å². The van der Waals surface area contributed by atoms with Crippen LogP contribution in [-0.4, -0.2) is 30.9 Å². The van der Waals surface area contributed by atoms with Gasteiger partial charge in [-0.05, 0) is 30.0 Å². The summed E-state index contributed by atoms with van der Waals surface area (Å²) in [5, 5.41) is 5.28. The highest BCUT2D eigenvalue weighted by Gasteiger charge is 2.26. The van der Waals surface area contributed by atoms with Crippen LogP contribution in [0.1, 0.15) is 36.7 Å². The van der Waals surface area contributed by atoms with E-state index in [9.17, 15) is 14.0 Å². The molecule has 0 aliphatic rings. The van der Waals surface area contributed by atoms with Crippen molar-refractivity contribution in [3.05, 3.63) is 35.1 Å². The standard InChI is InChI=1S/C16H24FN3O2.ClH/c1-10-5-6-11(9-12(10)17)14(21)19-7-8-20-15(22)13(18)16(2,3)4;/h5-6,9,13H,7-8,18H2,1-4H3,(H,19,21)(H,20,22);1H/t13-;/m1./s1. The molecule has 0 saturated heterocycles. The van der Waals surface area contributed by atoms with Crippen LogP contribution < -0.4 is 16.4 Å². The van der Waals surface area contributed by atoms with Crippen LogP contribution in [-0.2, 0) is 4.79 Å². The minimum Gasteiger partial charge on any atom is -0.353 e. The van der Waals surface area contributed by atoms with Crippen molar-refractivity contribution in [2.45, 2.75) is 33.7 Å². The summed E-state index contributed by atoms with van der Waals surface area (Å²) in [7, 11) is 0. The summed E-state index contributed by atoms with van der Waals surface area (Å²) in [5.74, 6) is -1.06. The lowest BCUT2D eigenvalue weighted by Gasteiger charge is -2.25. The van der Waals surface area contributed by atoms with Gasteiger partial charge in [0, 0.05) is 18.7 Å². The average Bonchev–Trinajstić information content (AvgIpc) is 2.44. The van der Waals surface area contributed by atoms with Crippen LogP contribution in [0.2, 0.25) is 0 Å². The lowest BCUT2D eigenvalue weighted by atomic mass is 9.87. The van der Waals surface area contributed by atoms with E-state index in [0.717, 1.165) is 0 Å². The van der Waals surface area contributed by atoms with Crippen LogP contribution in [0, 0.1) is 18.2 Å². The van der Waals surface area contributed by atoms with Crippen molar-refractivity contribution in [1.29, 1.82) is 0 Å². The summed E-state index contributed by atoms with van der Waals surface area (Å²) in [6.07, 6.45) is 0. The topological polar surface area (TPSA) is 84.2 Å². The third kappa shape index (κ3) is 6.54. The monoisotopic (exact) mass is 345 g/mol. The van der Waals surface area contributed by atoms with E-state index < -0.39 is 11.9 Å². The molecule has 1 aromatic rings. The van der Waals surface area contributed by atoms with Gasteiger partial charge in [-0.1, -0.05) is 26.8 Å². The summed E-state index contributed by atoms with van der Waals surface area (Å²) in [6.45, 7) is 7.78. The van der Waals surface area contributed by atoms with E-state index in [2.05, 4.69) is 10.6 Å². The van der Waals surface area contributed by atoms with Crippen molar-refractivity contribution in [3.63, 3.8) is 0 Å². The smallest absolute Gasteiger partial charge is 0.251 e. The number of halogens is 2. The molecule has 130 valence electrons. The molecule has 2 amide bonds. The van der Waals surface area contributed by atoms with Crippen LogP contribution in [0.25, 0.3) is 0 Å². The number of benzene rings is 1. The first-order valence-corrected chi connectivity index (χ1v) is 7.20. The fourth-order valence-corrected chi connectivity index (χ4v) is 1.70. The molecule has 1 atom stereocenters. The minimum absolute atomic E-state index is 0. The molecule has 0 heterocycles. The van der Waals surface area contributed by atoms with Gasteiger partial charge in [-0.25, -0.2) is 4.39 Å². The predicted octanol–water partition coefficient (Wildman–Crippen LogP) is 1.78. The Morgan fingerprint density at radius 1 is 1.22 bits per heavy atom. The van der Waals surface area contributed by atoms with E-state index in [4.69, 9.17) is 5.73 Å². The molecule has 0 bridgehead atoms. The molecule has 7 heteroatoms. The maximum atomic E-state index is 13.4. The second-order valence-corrected chi connectivity index (χ2v) is 6.35. The van der Waals surface area contributed by atoms with Crippen molar-refractivity contribution in [3.8, 4) is 0 Å². The zero-order valence-electron chi connectivity index (χ0n) is 13.9. The number of hydrogen-bond acceptors (Lipinski definition) is 3. The summed E-state index contributed by atoms with van der Waals surface area (Å²) >= 11 is 0. The van der Waals surface area contributed by atoms with E-state index in [1.165, 1.54) is 6.07 Å². The van der Waals surface area contributed by atoms with Gasteiger partial charge in [0.25, 0.3) is 5.91 Å². The molecule has 5 nitrogen and oxygen atoms in total. The molecule has 1 rings (SSSR count). The van der Waals surface area contributed by atoms with Crippen molar-refractivity contribution >= 4 is 24.2 Å². The van der Waals surface area contributed by atoms with Crippen LogP contribution in [0.3, 0.4) is 0 Å². The molecule has 4 N–H and O–H groups in total. The first-order valence-electron chi connectivity index (χ1n) is 7.20. The molecule has 0 fully saturated rings. The molecule has 0 radical (unpaired) electrons. The quantitative estimate of drug-likeness (QED) is 0.711. The average molecular weight is 346 g/mol. The third-order valence-corrected chi connectivity index (χ3v) is 3.36. The molecular weight excluding hydrogens is 321 g/mol. The van der Waals surface area contributed by atoms with Crippen LogP contribution in [0.15, 0.2) is 18.2 Å². The van der Waals surface area contributed by atoms with Gasteiger partial charge < -0.3 is 16.4 Å². The van der Waals surface area contributed by atoms with Crippen molar-refractivity contribution in [2.75, 3.05) is 13.1 Å². The first kappa shape index (κ1) is 21.3. The Labute approximate surface area is 142 Å². The Morgan fingerprint density at radius 2 is 1.78 bits per heavy atom. The van der Waals surface area contributed by atoms with Gasteiger partial charge in [-0.3, -0.25) is 9.59 Å². The number of aryl methyl sites for hydroxylation is 1. The van der Waals surface area contributed by atoms with Gasteiger partial charge in [0.2, 0.25) is 5.91 Å². The van der Waals surface area contributed by atoms with Crippen molar-refractivity contribution < 1.29 is 14.0 Å². The molecule has 0 aromatic heterocycles. The van der Waals surface area contributed by atoms with E-state index in [1.807, 2.05) is 20.8 Å². The molecule has 0 aliphatic heterocycles. The zero-order valence-corrected chi connectivity index (χ0v) is 14.7. The highest BCUT2D eigenvalue weighted by atomic mass is 35.5. The summed E-state index contributed by atoms with van der Waals surface area (Å²) in [4.78, 5) is 23.6. The summed E-state index contributed by atoms with van der Waals surface area (Å²) < 4.78 is 13.4. The van der Waals surface area contributed by atoms with E-state index in [-0.39, 0.29) is 48.3 Å². The normalized spacial score (nSPS) is 12.1. The number of nitrogens with one attached hydrogen (secondary N) is 2. The second kappa shape index (κ2) is 8.84. The van der Waals surface area contributed by atoms with Gasteiger partial charge in [-0.2, -0.15) is 0 Å². The number of rotatable bonds is 5. The maximum Gasteiger partial charge on any atom is 0.251 e. The van der Waals surface area contributed by atoms with E-state index in [0.29, 0.717) is 5.56 Å². The molecule has 0 spiro atoms. The van der Waals surface area contributed by atoms with Gasteiger partial charge in [0.05, 0.1) is 6.04 Å². The van der Waals surface area contributed by atoms with Crippen molar-refractivity contribution in [1.82, 2.24) is 10.6 Å². The highest BCUT2D eigenvalue weighted by molar-refractivity contribution is 5.94. The Bertz CT molecular complexity index is 559. The minimum atomic E-state index is -0.616. The number of carbonyl (C=O) groups is 2. The van der Waals surface area contributed by atoms with E-state index >= 15 is 0 Å². The fraction of sp³-hybridized carbons (Fsp3) is 0.500. The van der Waals surface area contributed by atoms with Crippen LogP contribution >= 0.6 is 12.4 Å². The molecule has 1 aromatic carbocycles. The second-order valence-electron chi connectivity index (χ2n) is 6.35. The van der Waals surface area contributed by atoms with Gasteiger partial charge in [-0.15, -0.1) is 12.4 Å². The first-order chi connectivity index (χ1) is 10.1. The molecule has 23 heavy (non-hydrogen) atoms. The Morgan fingerprint density at radius 3 is 2.30 bits per heavy atom. The largest absolute Gasteiger partial charge is 0.353 e. The third-order valence-electron chi connectivity index (χ3n) is 3.36. The van der Waals surface area contributed by atoms with Crippen LogP contribution in [0.5, 0.6) is 0 Å². The number of amides is 2. The summed E-state index contributed by atoms with van der Waals surface area (Å²) in [6, 6.07) is 3.68. The molecule has 0 unspecified atom stereocenters. The Balaban J connectivity index is 0.00000484. The lowest BCUT2D eigenvalue weighted by Crippen LogP contribution is -2.49. The number of nitrogens with two attached hydrogens (primary N) is 1. The van der Waals surface area contributed by atoms with Crippen molar-refractivity contribution in [2.24, 2.45) is 11.1 Å². The fourth-order valence-electron chi connectivity index (χ4n) is 1.70. The van der Waals surface area contributed by atoms with Gasteiger partial charge >= 0.3 is 0 Å². The van der Waals surface area contributed by atoms with E-state index in [1.54, 1.807) is 19.1 Å². The Kier molecular flexibility index (Phi) is 8.20. The number of hydrogen-bond donors (Lipinski definition) is 3. The number of carbonyl (C=O) groups excluding carboxylic acids is 2. The highest BCUT2D eigenvalue weighted by Crippen LogP contribution is 2.16. The SMILES string of the molecule is Cc1ccc(C(=O)NCCNC(=O)[C@@H](N)C(C)(C)C)cc1F.Cl. The lowest BCUT2D eigenvalue weighted by molar-refractivity contribution is -0.124. The van der Waals surface area contributed by atoms with Gasteiger partial charge in [0.15, 0.2) is 0 Å².